The molecule has 0 aliphatic heterocycles. The van der Waals surface area contributed by atoms with Gasteiger partial charge in [0.05, 0.1) is 0 Å². The highest BCUT2D eigenvalue weighted by molar-refractivity contribution is 7.98. The molecule has 0 saturated heterocycles. The Bertz CT molecular complexity index is 376. The molecule has 0 spiro atoms. The molecule has 1 heterocycles. The molecule has 0 aliphatic rings. The fourth-order valence-corrected chi connectivity index (χ4v) is 2.01. The van der Waals surface area contributed by atoms with Crippen molar-refractivity contribution in [2.45, 2.75) is 20.5 Å². The Hall–Kier alpha value is -1.01. The Morgan fingerprint density at radius 1 is 1.37 bits per heavy atom. The van der Waals surface area contributed by atoms with Crippen LogP contribution in [0.1, 0.15) is 19.7 Å². The Balaban J connectivity index is 2.84. The molecule has 0 aliphatic carbocycles. The van der Waals surface area contributed by atoms with Gasteiger partial charge >= 0.3 is 0 Å². The van der Waals surface area contributed by atoms with E-state index in [4.69, 9.17) is 4.74 Å². The van der Waals surface area contributed by atoms with Crippen LogP contribution in [0.4, 0.5) is 11.6 Å². The van der Waals surface area contributed by atoms with Crippen molar-refractivity contribution in [1.82, 2.24) is 9.97 Å². The van der Waals surface area contributed by atoms with Crippen LogP contribution in [-0.2, 0) is 11.3 Å². The topological polar surface area (TPSA) is 50.3 Å². The maximum atomic E-state index is 5.39. The predicted octanol–water partition coefficient (Wildman–Crippen LogP) is 2.24. The molecule has 19 heavy (non-hydrogen) atoms. The fourth-order valence-electron chi connectivity index (χ4n) is 1.55. The molecule has 1 aromatic rings. The summed E-state index contributed by atoms with van der Waals surface area (Å²) in [5.74, 6) is 3.61. The number of thioether (sulfide) groups is 1. The molecular weight excluding hydrogens is 260 g/mol. The van der Waals surface area contributed by atoms with Crippen molar-refractivity contribution < 1.29 is 4.74 Å². The number of hydrogen-bond donors (Lipinski definition) is 1. The van der Waals surface area contributed by atoms with Gasteiger partial charge in [-0.15, -0.1) is 0 Å². The number of ether oxygens (including phenoxy) is 1. The first-order valence-electron chi connectivity index (χ1n) is 6.60. The third-order valence-corrected chi connectivity index (χ3v) is 3.16. The lowest BCUT2D eigenvalue weighted by Crippen LogP contribution is -2.22. The summed E-state index contributed by atoms with van der Waals surface area (Å²) in [6, 6.07) is 1.99. The molecule has 1 N–H and O–H groups in total. The summed E-state index contributed by atoms with van der Waals surface area (Å²) in [5, 5.41) is 3.24. The zero-order chi connectivity index (χ0) is 14.1. The Labute approximate surface area is 120 Å². The second-order valence-corrected chi connectivity index (χ2v) is 5.10. The van der Waals surface area contributed by atoms with Crippen LogP contribution in [0.15, 0.2) is 6.07 Å². The first kappa shape index (κ1) is 16.0. The van der Waals surface area contributed by atoms with Crippen molar-refractivity contribution in [3.05, 3.63) is 11.9 Å². The number of nitrogens with zero attached hydrogens (tertiary/aromatic N) is 3. The Morgan fingerprint density at radius 2 is 2.16 bits per heavy atom. The second kappa shape index (κ2) is 8.98. The molecule has 0 fully saturated rings. The van der Waals surface area contributed by atoms with Crippen LogP contribution in [0.5, 0.6) is 0 Å². The molecular formula is C13H24N4OS. The first-order chi connectivity index (χ1) is 9.21. The van der Waals surface area contributed by atoms with Gasteiger partial charge in [-0.2, -0.15) is 11.8 Å². The Morgan fingerprint density at radius 3 is 2.79 bits per heavy atom. The zero-order valence-corrected chi connectivity index (χ0v) is 13.1. The Kier molecular flexibility index (Phi) is 7.59. The van der Waals surface area contributed by atoms with Crippen LogP contribution >= 0.6 is 11.8 Å². The average molecular weight is 284 g/mol. The maximum Gasteiger partial charge on any atom is 0.158 e. The van der Waals surface area contributed by atoms with Crippen molar-refractivity contribution in [1.29, 1.82) is 0 Å². The first-order valence-corrected chi connectivity index (χ1v) is 8.00. The van der Waals surface area contributed by atoms with Gasteiger partial charge in [-0.1, -0.05) is 0 Å². The number of hydrogen-bond acceptors (Lipinski definition) is 6. The van der Waals surface area contributed by atoms with Crippen LogP contribution in [0.25, 0.3) is 0 Å². The SMILES string of the molecule is CCNc1cc(N(C)CCSC)nc(COCC)n1. The molecule has 6 heteroatoms. The standard InChI is InChI=1S/C13H24N4OS/c1-5-14-11-9-13(17(3)7-8-19-4)16-12(15-11)10-18-6-2/h9H,5-8,10H2,1-4H3,(H,14,15,16). The van der Waals surface area contributed by atoms with Gasteiger partial charge in [-0.3, -0.25) is 0 Å². The van der Waals surface area contributed by atoms with Crippen molar-refractivity contribution in [2.24, 2.45) is 0 Å². The van der Waals surface area contributed by atoms with Crippen LogP contribution in [0, 0.1) is 0 Å². The van der Waals surface area contributed by atoms with Gasteiger partial charge in [0, 0.05) is 38.6 Å². The van der Waals surface area contributed by atoms with Crippen molar-refractivity contribution in [2.75, 3.05) is 49.0 Å². The van der Waals surface area contributed by atoms with E-state index in [-0.39, 0.29) is 0 Å². The van der Waals surface area contributed by atoms with Crippen molar-refractivity contribution in [3.8, 4) is 0 Å². The smallest absolute Gasteiger partial charge is 0.158 e. The molecule has 0 radical (unpaired) electrons. The van der Waals surface area contributed by atoms with Gasteiger partial charge in [0.25, 0.3) is 0 Å². The van der Waals surface area contributed by atoms with Gasteiger partial charge in [0.2, 0.25) is 0 Å². The van der Waals surface area contributed by atoms with Crippen LogP contribution < -0.4 is 10.2 Å². The van der Waals surface area contributed by atoms with E-state index in [9.17, 15) is 0 Å². The summed E-state index contributed by atoms with van der Waals surface area (Å²) in [6.45, 7) is 6.98. The summed E-state index contributed by atoms with van der Waals surface area (Å²) in [6.07, 6.45) is 2.11. The van der Waals surface area contributed by atoms with Gasteiger partial charge in [-0.05, 0) is 20.1 Å². The van der Waals surface area contributed by atoms with E-state index >= 15 is 0 Å². The molecule has 0 saturated carbocycles. The summed E-state index contributed by atoms with van der Waals surface area (Å²) < 4.78 is 5.39. The van der Waals surface area contributed by atoms with E-state index in [0.717, 1.165) is 36.3 Å². The normalized spacial score (nSPS) is 10.5. The van der Waals surface area contributed by atoms with Crippen LogP contribution in [0.3, 0.4) is 0 Å². The molecule has 1 rings (SSSR count). The minimum atomic E-state index is 0.457. The summed E-state index contributed by atoms with van der Waals surface area (Å²) >= 11 is 1.83. The third kappa shape index (κ3) is 5.65. The quantitative estimate of drug-likeness (QED) is 0.750. The summed E-state index contributed by atoms with van der Waals surface area (Å²) in [7, 11) is 2.05. The summed E-state index contributed by atoms with van der Waals surface area (Å²) in [4.78, 5) is 11.1. The van der Waals surface area contributed by atoms with E-state index in [2.05, 4.69) is 40.4 Å². The molecule has 0 amide bonds. The highest BCUT2D eigenvalue weighted by atomic mass is 32.2. The highest BCUT2D eigenvalue weighted by Gasteiger charge is 2.08. The fraction of sp³-hybridized carbons (Fsp3) is 0.692. The molecule has 0 aromatic carbocycles. The van der Waals surface area contributed by atoms with E-state index in [1.54, 1.807) is 0 Å². The van der Waals surface area contributed by atoms with Gasteiger partial charge in [0.15, 0.2) is 5.82 Å². The summed E-state index contributed by atoms with van der Waals surface area (Å²) in [5.41, 5.74) is 0. The largest absolute Gasteiger partial charge is 0.374 e. The minimum Gasteiger partial charge on any atom is -0.374 e. The number of anilines is 2. The van der Waals surface area contributed by atoms with E-state index in [0.29, 0.717) is 13.2 Å². The van der Waals surface area contributed by atoms with Gasteiger partial charge < -0.3 is 15.0 Å². The average Bonchev–Trinajstić information content (AvgIpc) is 2.42. The van der Waals surface area contributed by atoms with E-state index in [1.807, 2.05) is 24.8 Å². The lowest BCUT2D eigenvalue weighted by Gasteiger charge is -2.19. The molecule has 0 bridgehead atoms. The predicted molar refractivity (Wildman–Crippen MR) is 83.2 cm³/mol. The van der Waals surface area contributed by atoms with E-state index < -0.39 is 0 Å². The van der Waals surface area contributed by atoms with Crippen LogP contribution in [0.2, 0.25) is 0 Å². The maximum absolute atomic E-state index is 5.39. The zero-order valence-electron chi connectivity index (χ0n) is 12.3. The molecule has 0 unspecified atom stereocenters. The molecule has 108 valence electrons. The number of aromatic nitrogens is 2. The third-order valence-electron chi connectivity index (χ3n) is 2.57. The highest BCUT2D eigenvalue weighted by Crippen LogP contribution is 2.15. The lowest BCUT2D eigenvalue weighted by atomic mass is 10.4. The monoisotopic (exact) mass is 284 g/mol. The van der Waals surface area contributed by atoms with Gasteiger partial charge in [-0.25, -0.2) is 9.97 Å². The van der Waals surface area contributed by atoms with Gasteiger partial charge in [0.1, 0.15) is 18.2 Å². The van der Waals surface area contributed by atoms with Crippen LogP contribution in [-0.4, -0.2) is 48.7 Å². The molecule has 5 nitrogen and oxygen atoms in total. The lowest BCUT2D eigenvalue weighted by molar-refractivity contribution is 0.128. The van der Waals surface area contributed by atoms with Crippen molar-refractivity contribution >= 4 is 23.4 Å². The number of nitrogens with one attached hydrogen (secondary N) is 1. The second-order valence-electron chi connectivity index (χ2n) is 4.11. The minimum absolute atomic E-state index is 0.457. The number of rotatable bonds is 9. The molecule has 0 atom stereocenters. The molecule has 1 aromatic heterocycles. The van der Waals surface area contributed by atoms with E-state index in [1.165, 1.54) is 0 Å². The van der Waals surface area contributed by atoms with Crippen molar-refractivity contribution in [3.63, 3.8) is 0 Å².